The predicted molar refractivity (Wildman–Crippen MR) is 102 cm³/mol. The lowest BCUT2D eigenvalue weighted by Gasteiger charge is -2.15. The molecule has 0 saturated heterocycles. The van der Waals surface area contributed by atoms with Gasteiger partial charge in [0, 0.05) is 16.9 Å². The van der Waals surface area contributed by atoms with Gasteiger partial charge in [-0.15, -0.1) is 0 Å². The van der Waals surface area contributed by atoms with Crippen LogP contribution in [-0.4, -0.2) is 32.7 Å². The molecule has 0 saturated carbocycles. The second kappa shape index (κ2) is 7.74. The number of carbonyl (C=O) groups is 1. The molecule has 1 atom stereocenters. The minimum Gasteiger partial charge on any atom is -0.353 e. The Labute approximate surface area is 149 Å². The van der Waals surface area contributed by atoms with Gasteiger partial charge in [0.15, 0.2) is 5.16 Å². The number of aromatic nitrogens is 3. The third-order valence-electron chi connectivity index (χ3n) is 4.17. The van der Waals surface area contributed by atoms with Crippen LogP contribution in [0.25, 0.3) is 21.9 Å². The van der Waals surface area contributed by atoms with Crippen molar-refractivity contribution in [3.8, 4) is 0 Å². The molecule has 0 aliphatic rings. The van der Waals surface area contributed by atoms with Gasteiger partial charge in [0.05, 0.1) is 5.75 Å². The fourth-order valence-corrected chi connectivity index (χ4v) is 3.57. The number of aromatic amines is 2. The first-order valence-corrected chi connectivity index (χ1v) is 9.53. The first-order valence-electron chi connectivity index (χ1n) is 8.55. The number of benzene rings is 1. The molecule has 0 spiro atoms. The van der Waals surface area contributed by atoms with Crippen molar-refractivity contribution in [3.05, 3.63) is 34.6 Å². The van der Waals surface area contributed by atoms with E-state index in [0.717, 1.165) is 30.2 Å². The zero-order valence-electron chi connectivity index (χ0n) is 14.4. The summed E-state index contributed by atoms with van der Waals surface area (Å²) < 4.78 is 0. The Morgan fingerprint density at radius 3 is 2.84 bits per heavy atom. The molecule has 3 aromatic rings. The summed E-state index contributed by atoms with van der Waals surface area (Å²) in [4.78, 5) is 34.8. The highest BCUT2D eigenvalue weighted by molar-refractivity contribution is 7.99. The second-order valence-electron chi connectivity index (χ2n) is 6.02. The maximum atomic E-state index is 12.3. The molecule has 0 aliphatic heterocycles. The molecule has 0 aliphatic carbocycles. The van der Waals surface area contributed by atoms with Crippen molar-refractivity contribution >= 4 is 39.6 Å². The molecule has 2 aromatic heterocycles. The standard InChI is InChI=1S/C18H22N4O2S/c1-3-7-11(4-2)19-14(23)10-25-18-21-15-12-8-5-6-9-13(12)20-16(15)17(24)22-18/h5-6,8-9,11,20H,3-4,7,10H2,1-2H3,(H,19,23)(H,21,22,24). The summed E-state index contributed by atoms with van der Waals surface area (Å²) in [6, 6.07) is 7.87. The van der Waals surface area contributed by atoms with Crippen molar-refractivity contribution in [2.75, 3.05) is 5.75 Å². The van der Waals surface area contributed by atoms with Crippen molar-refractivity contribution < 1.29 is 4.79 Å². The van der Waals surface area contributed by atoms with Gasteiger partial charge in [0.25, 0.3) is 5.56 Å². The van der Waals surface area contributed by atoms with Gasteiger partial charge in [-0.05, 0) is 18.9 Å². The maximum Gasteiger partial charge on any atom is 0.275 e. The lowest BCUT2D eigenvalue weighted by atomic mass is 10.1. The molecule has 0 bridgehead atoms. The molecule has 132 valence electrons. The molecule has 3 N–H and O–H groups in total. The first kappa shape index (κ1) is 17.5. The van der Waals surface area contributed by atoms with Gasteiger partial charge < -0.3 is 10.3 Å². The third-order valence-corrected chi connectivity index (χ3v) is 5.05. The molecule has 1 unspecified atom stereocenters. The summed E-state index contributed by atoms with van der Waals surface area (Å²) in [7, 11) is 0. The van der Waals surface area contributed by atoms with E-state index in [0.29, 0.717) is 16.2 Å². The molecule has 3 rings (SSSR count). The minimum atomic E-state index is -0.221. The molecule has 6 nitrogen and oxygen atoms in total. The first-order chi connectivity index (χ1) is 12.1. The highest BCUT2D eigenvalue weighted by Gasteiger charge is 2.13. The van der Waals surface area contributed by atoms with Crippen LogP contribution in [0.3, 0.4) is 0 Å². The number of amides is 1. The molecule has 0 fully saturated rings. The number of para-hydroxylation sites is 1. The van der Waals surface area contributed by atoms with Crippen molar-refractivity contribution in [1.29, 1.82) is 0 Å². The SMILES string of the molecule is CCCC(CC)NC(=O)CSc1nc2c([nH]c3ccccc32)c(=O)[nH]1. The van der Waals surface area contributed by atoms with E-state index in [1.807, 2.05) is 24.3 Å². The zero-order chi connectivity index (χ0) is 17.8. The number of hydrogen-bond donors (Lipinski definition) is 3. The summed E-state index contributed by atoms with van der Waals surface area (Å²) in [5.74, 6) is 0.198. The Hall–Kier alpha value is -2.28. The number of hydrogen-bond acceptors (Lipinski definition) is 4. The van der Waals surface area contributed by atoms with Crippen LogP contribution in [0.1, 0.15) is 33.1 Å². The van der Waals surface area contributed by atoms with Crippen molar-refractivity contribution in [1.82, 2.24) is 20.3 Å². The Morgan fingerprint density at radius 1 is 1.28 bits per heavy atom. The fraction of sp³-hybridized carbons (Fsp3) is 0.389. The maximum absolute atomic E-state index is 12.3. The predicted octanol–water partition coefficient (Wildman–Crippen LogP) is 3.19. The van der Waals surface area contributed by atoms with Gasteiger partial charge in [0.1, 0.15) is 11.0 Å². The van der Waals surface area contributed by atoms with Gasteiger partial charge in [-0.2, -0.15) is 0 Å². The normalized spacial score (nSPS) is 12.6. The van der Waals surface area contributed by atoms with Crippen LogP contribution in [0.4, 0.5) is 0 Å². The average Bonchev–Trinajstić information content (AvgIpc) is 2.99. The van der Waals surface area contributed by atoms with Crippen LogP contribution >= 0.6 is 11.8 Å². The lowest BCUT2D eigenvalue weighted by Crippen LogP contribution is -2.35. The lowest BCUT2D eigenvalue weighted by molar-refractivity contribution is -0.119. The van der Waals surface area contributed by atoms with Gasteiger partial charge in [-0.3, -0.25) is 14.6 Å². The zero-order valence-corrected chi connectivity index (χ0v) is 15.2. The smallest absolute Gasteiger partial charge is 0.275 e. The van der Waals surface area contributed by atoms with Crippen molar-refractivity contribution in [2.24, 2.45) is 0 Å². The van der Waals surface area contributed by atoms with E-state index in [1.165, 1.54) is 11.8 Å². The van der Waals surface area contributed by atoms with E-state index in [4.69, 9.17) is 0 Å². The monoisotopic (exact) mass is 358 g/mol. The minimum absolute atomic E-state index is 0.0352. The van der Waals surface area contributed by atoms with E-state index < -0.39 is 0 Å². The molecular formula is C18H22N4O2S. The average molecular weight is 358 g/mol. The van der Waals surface area contributed by atoms with Crippen LogP contribution in [0.15, 0.2) is 34.2 Å². The number of carbonyl (C=O) groups excluding carboxylic acids is 1. The van der Waals surface area contributed by atoms with Crippen molar-refractivity contribution in [3.63, 3.8) is 0 Å². The summed E-state index contributed by atoms with van der Waals surface area (Å²) in [5, 5.41) is 4.39. The third kappa shape index (κ3) is 3.87. The molecular weight excluding hydrogens is 336 g/mol. The van der Waals surface area contributed by atoms with Crippen LogP contribution in [0, 0.1) is 0 Å². The largest absolute Gasteiger partial charge is 0.353 e. The fourth-order valence-electron chi connectivity index (χ4n) is 2.90. The Kier molecular flexibility index (Phi) is 5.43. The van der Waals surface area contributed by atoms with E-state index in [1.54, 1.807) is 0 Å². The van der Waals surface area contributed by atoms with Crippen molar-refractivity contribution in [2.45, 2.75) is 44.3 Å². The Morgan fingerprint density at radius 2 is 2.08 bits per heavy atom. The number of fused-ring (bicyclic) bond motifs is 3. The number of H-pyrrole nitrogens is 2. The van der Waals surface area contributed by atoms with Crippen LogP contribution in [0.5, 0.6) is 0 Å². The number of rotatable bonds is 7. The summed E-state index contributed by atoms with van der Waals surface area (Å²) in [5.41, 5.74) is 1.76. The summed E-state index contributed by atoms with van der Waals surface area (Å²) >= 11 is 1.25. The highest BCUT2D eigenvalue weighted by atomic mass is 32.2. The summed E-state index contributed by atoms with van der Waals surface area (Å²) in [6.45, 7) is 4.17. The van der Waals surface area contributed by atoms with Crippen LogP contribution < -0.4 is 10.9 Å². The second-order valence-corrected chi connectivity index (χ2v) is 6.98. The Bertz CT molecular complexity index is 947. The van der Waals surface area contributed by atoms with Gasteiger partial charge in [0.2, 0.25) is 5.91 Å². The van der Waals surface area contributed by atoms with Gasteiger partial charge in [-0.25, -0.2) is 4.98 Å². The van der Waals surface area contributed by atoms with E-state index in [2.05, 4.69) is 34.1 Å². The number of nitrogens with one attached hydrogen (secondary N) is 3. The quantitative estimate of drug-likeness (QED) is 0.447. The number of thioether (sulfide) groups is 1. The Balaban J connectivity index is 1.77. The van der Waals surface area contributed by atoms with Crippen LogP contribution in [0.2, 0.25) is 0 Å². The highest BCUT2D eigenvalue weighted by Crippen LogP contribution is 2.23. The van der Waals surface area contributed by atoms with Gasteiger partial charge >= 0.3 is 0 Å². The van der Waals surface area contributed by atoms with E-state index >= 15 is 0 Å². The molecule has 7 heteroatoms. The van der Waals surface area contributed by atoms with Crippen LogP contribution in [-0.2, 0) is 4.79 Å². The molecule has 0 radical (unpaired) electrons. The van der Waals surface area contributed by atoms with E-state index in [-0.39, 0.29) is 23.3 Å². The summed E-state index contributed by atoms with van der Waals surface area (Å²) in [6.07, 6.45) is 2.93. The molecule has 1 aromatic carbocycles. The molecule has 2 heterocycles. The molecule has 25 heavy (non-hydrogen) atoms. The number of nitrogens with zero attached hydrogens (tertiary/aromatic N) is 1. The molecule has 1 amide bonds. The van der Waals surface area contributed by atoms with E-state index in [9.17, 15) is 9.59 Å². The topological polar surface area (TPSA) is 90.6 Å². The van der Waals surface area contributed by atoms with Gasteiger partial charge in [-0.1, -0.05) is 50.2 Å².